The van der Waals surface area contributed by atoms with Crippen molar-refractivity contribution in [3.8, 4) is 0 Å². The van der Waals surface area contributed by atoms with Gasteiger partial charge in [0, 0.05) is 19.6 Å². The molecular weight excluding hydrogens is 314 g/mol. The molecule has 1 aliphatic carbocycles. The molecule has 5 nitrogen and oxygen atoms in total. The summed E-state index contributed by atoms with van der Waals surface area (Å²) in [4.78, 5) is 14.7. The first kappa shape index (κ1) is 18.2. The lowest BCUT2D eigenvalue weighted by Gasteiger charge is -2.33. The number of nitrogens with zero attached hydrogens (tertiary/aromatic N) is 1. The van der Waals surface area contributed by atoms with Crippen LogP contribution in [0.25, 0.3) is 0 Å². The molecule has 1 saturated carbocycles. The van der Waals surface area contributed by atoms with E-state index in [1.807, 2.05) is 0 Å². The molecule has 2 amide bonds. The van der Waals surface area contributed by atoms with Gasteiger partial charge < -0.3 is 15.7 Å². The third kappa shape index (κ3) is 5.19. The number of amides is 2. The molecule has 3 N–H and O–H groups in total. The number of nitrogens with one attached hydrogen (secondary N) is 2. The van der Waals surface area contributed by atoms with Crippen molar-refractivity contribution in [3.05, 3.63) is 35.9 Å². The van der Waals surface area contributed by atoms with Crippen molar-refractivity contribution in [3.63, 3.8) is 0 Å². The summed E-state index contributed by atoms with van der Waals surface area (Å²) < 4.78 is 0. The minimum absolute atomic E-state index is 0.0364. The van der Waals surface area contributed by atoms with E-state index in [2.05, 4.69) is 45.9 Å². The number of hydrogen-bond donors (Lipinski definition) is 3. The van der Waals surface area contributed by atoms with Gasteiger partial charge in [0.2, 0.25) is 0 Å². The van der Waals surface area contributed by atoms with E-state index in [9.17, 15) is 9.90 Å². The monoisotopic (exact) mass is 345 g/mol. The topological polar surface area (TPSA) is 64.6 Å². The molecule has 0 spiro atoms. The van der Waals surface area contributed by atoms with Gasteiger partial charge in [-0.3, -0.25) is 4.90 Å². The van der Waals surface area contributed by atoms with Crippen LogP contribution in [0.1, 0.15) is 44.1 Å². The number of hydrogen-bond acceptors (Lipinski definition) is 3. The highest BCUT2D eigenvalue weighted by Gasteiger charge is 2.34. The van der Waals surface area contributed by atoms with E-state index >= 15 is 0 Å². The maximum atomic E-state index is 12.2. The molecule has 1 aromatic rings. The van der Waals surface area contributed by atoms with Crippen LogP contribution in [0.15, 0.2) is 30.3 Å². The number of carbonyl (C=O) groups is 1. The van der Waals surface area contributed by atoms with Crippen LogP contribution in [0, 0.1) is 5.92 Å². The van der Waals surface area contributed by atoms with Crippen molar-refractivity contribution in [2.24, 2.45) is 5.92 Å². The van der Waals surface area contributed by atoms with Crippen LogP contribution in [-0.4, -0.2) is 47.8 Å². The number of aliphatic hydroxyl groups is 1. The Labute approximate surface area is 150 Å². The zero-order valence-electron chi connectivity index (χ0n) is 15.0. The number of carbonyl (C=O) groups excluding carboxylic acids is 1. The highest BCUT2D eigenvalue weighted by atomic mass is 16.3. The summed E-state index contributed by atoms with van der Waals surface area (Å²) in [7, 11) is 0. The van der Waals surface area contributed by atoms with Gasteiger partial charge in [-0.15, -0.1) is 0 Å². The molecule has 1 unspecified atom stereocenters. The van der Waals surface area contributed by atoms with Crippen molar-refractivity contribution in [2.45, 2.75) is 50.6 Å². The Hall–Kier alpha value is -1.59. The third-order valence-electron chi connectivity index (χ3n) is 5.65. The third-order valence-corrected chi connectivity index (χ3v) is 5.65. The highest BCUT2D eigenvalue weighted by Crippen LogP contribution is 2.29. The Balaban J connectivity index is 1.42. The Bertz CT molecular complexity index is 543. The number of urea groups is 1. The number of benzene rings is 1. The van der Waals surface area contributed by atoms with Crippen molar-refractivity contribution in [1.82, 2.24) is 15.5 Å². The second-order valence-electron chi connectivity index (χ2n) is 7.71. The molecule has 1 heterocycles. The van der Waals surface area contributed by atoms with Crippen LogP contribution in [0.4, 0.5) is 4.79 Å². The van der Waals surface area contributed by atoms with Gasteiger partial charge in [-0.1, -0.05) is 43.2 Å². The molecule has 2 aliphatic rings. The van der Waals surface area contributed by atoms with E-state index < -0.39 is 5.54 Å². The van der Waals surface area contributed by atoms with Crippen LogP contribution in [0.2, 0.25) is 0 Å². The summed E-state index contributed by atoms with van der Waals surface area (Å²) in [6.45, 7) is 3.88. The van der Waals surface area contributed by atoms with E-state index in [0.29, 0.717) is 12.5 Å². The lowest BCUT2D eigenvalue weighted by molar-refractivity contribution is 0.154. The van der Waals surface area contributed by atoms with E-state index in [1.54, 1.807) is 0 Å². The highest BCUT2D eigenvalue weighted by molar-refractivity contribution is 5.74. The van der Waals surface area contributed by atoms with Crippen LogP contribution >= 0.6 is 0 Å². The molecule has 1 atom stereocenters. The van der Waals surface area contributed by atoms with Gasteiger partial charge >= 0.3 is 6.03 Å². The molecule has 138 valence electrons. The molecule has 1 aliphatic heterocycles. The summed E-state index contributed by atoms with van der Waals surface area (Å²) in [5.41, 5.74) is 0.954. The molecule has 3 rings (SSSR count). The van der Waals surface area contributed by atoms with E-state index in [-0.39, 0.29) is 12.6 Å². The smallest absolute Gasteiger partial charge is 0.315 e. The molecular formula is C20H31N3O2. The second-order valence-corrected chi connectivity index (χ2v) is 7.71. The SMILES string of the molecule is O=C(NCC1CCCN(Cc2ccccc2)C1)NC1(CO)CCCC1. The first-order valence-corrected chi connectivity index (χ1v) is 9.62. The first-order valence-electron chi connectivity index (χ1n) is 9.62. The van der Waals surface area contributed by atoms with E-state index in [1.165, 1.54) is 12.0 Å². The lowest BCUT2D eigenvalue weighted by atomic mass is 9.97. The van der Waals surface area contributed by atoms with Crippen molar-refractivity contribution < 1.29 is 9.90 Å². The summed E-state index contributed by atoms with van der Waals surface area (Å²) in [5, 5.41) is 15.7. The Morgan fingerprint density at radius 2 is 1.96 bits per heavy atom. The first-order chi connectivity index (χ1) is 12.2. The van der Waals surface area contributed by atoms with Gasteiger partial charge in [0.1, 0.15) is 0 Å². The number of piperidine rings is 1. The quantitative estimate of drug-likeness (QED) is 0.742. The Kier molecular flexibility index (Phi) is 6.32. The zero-order valence-corrected chi connectivity index (χ0v) is 15.0. The van der Waals surface area contributed by atoms with Crippen LogP contribution < -0.4 is 10.6 Å². The van der Waals surface area contributed by atoms with Crippen LogP contribution in [0.3, 0.4) is 0 Å². The Morgan fingerprint density at radius 1 is 1.20 bits per heavy atom. The normalized spacial score (nSPS) is 23.3. The van der Waals surface area contributed by atoms with Gasteiger partial charge in [-0.05, 0) is 43.7 Å². The fourth-order valence-electron chi connectivity index (χ4n) is 4.20. The summed E-state index contributed by atoms with van der Waals surface area (Å²) in [5.74, 6) is 0.497. The molecule has 0 aromatic heterocycles. The van der Waals surface area contributed by atoms with Crippen molar-refractivity contribution >= 4 is 6.03 Å². The van der Waals surface area contributed by atoms with E-state index in [4.69, 9.17) is 0 Å². The number of rotatable bonds is 6. The minimum atomic E-state index is -0.393. The zero-order chi connectivity index (χ0) is 17.5. The molecule has 1 aromatic carbocycles. The molecule has 25 heavy (non-hydrogen) atoms. The maximum absolute atomic E-state index is 12.2. The molecule has 0 bridgehead atoms. The van der Waals surface area contributed by atoms with Crippen LogP contribution in [-0.2, 0) is 6.54 Å². The maximum Gasteiger partial charge on any atom is 0.315 e. The number of likely N-dealkylation sites (tertiary alicyclic amines) is 1. The van der Waals surface area contributed by atoms with Gasteiger partial charge in [-0.2, -0.15) is 0 Å². The summed E-state index contributed by atoms with van der Waals surface area (Å²) >= 11 is 0. The van der Waals surface area contributed by atoms with Gasteiger partial charge in [-0.25, -0.2) is 4.79 Å². The average molecular weight is 345 g/mol. The van der Waals surface area contributed by atoms with E-state index in [0.717, 1.165) is 51.7 Å². The standard InChI is InChI=1S/C20H31N3O2/c24-16-20(10-4-5-11-20)22-19(25)21-13-18-9-6-12-23(15-18)14-17-7-2-1-3-8-17/h1-3,7-8,18,24H,4-6,9-16H2,(H2,21,22,25). The van der Waals surface area contributed by atoms with Crippen molar-refractivity contribution in [1.29, 1.82) is 0 Å². The van der Waals surface area contributed by atoms with Crippen LogP contribution in [0.5, 0.6) is 0 Å². The minimum Gasteiger partial charge on any atom is -0.394 e. The van der Waals surface area contributed by atoms with Gasteiger partial charge in [0.15, 0.2) is 0 Å². The van der Waals surface area contributed by atoms with Gasteiger partial charge in [0.25, 0.3) is 0 Å². The summed E-state index contributed by atoms with van der Waals surface area (Å²) in [6.07, 6.45) is 6.27. The fourth-order valence-corrected chi connectivity index (χ4v) is 4.20. The molecule has 0 radical (unpaired) electrons. The van der Waals surface area contributed by atoms with Gasteiger partial charge in [0.05, 0.1) is 12.1 Å². The fraction of sp³-hybridized carbons (Fsp3) is 0.650. The predicted molar refractivity (Wildman–Crippen MR) is 99.3 cm³/mol. The predicted octanol–water partition coefficient (Wildman–Crippen LogP) is 2.50. The lowest BCUT2D eigenvalue weighted by Crippen LogP contribution is -2.54. The average Bonchev–Trinajstić information content (AvgIpc) is 3.10. The molecule has 1 saturated heterocycles. The number of aliphatic hydroxyl groups excluding tert-OH is 1. The Morgan fingerprint density at radius 3 is 2.68 bits per heavy atom. The molecule has 5 heteroatoms. The van der Waals surface area contributed by atoms with Crippen molar-refractivity contribution in [2.75, 3.05) is 26.2 Å². The second kappa shape index (κ2) is 8.68. The largest absolute Gasteiger partial charge is 0.394 e. The molecule has 2 fully saturated rings. The summed E-state index contributed by atoms with van der Waals surface area (Å²) in [6, 6.07) is 10.4.